The Balaban J connectivity index is 1.46. The fraction of sp³-hybridized carbons (Fsp3) is 0.353. The van der Waals surface area contributed by atoms with Crippen molar-refractivity contribution in [3.63, 3.8) is 0 Å². The van der Waals surface area contributed by atoms with Crippen molar-refractivity contribution in [3.05, 3.63) is 52.9 Å². The average molecular weight is 284 g/mol. The molecule has 104 valence electrons. The maximum absolute atomic E-state index is 4.69. The highest BCUT2D eigenvalue weighted by Gasteiger charge is 2.19. The first-order valence-corrected chi connectivity index (χ1v) is 8.18. The van der Waals surface area contributed by atoms with Crippen LogP contribution in [0.5, 0.6) is 0 Å². The highest BCUT2D eigenvalue weighted by atomic mass is 32.1. The van der Waals surface area contributed by atoms with E-state index in [0.29, 0.717) is 0 Å². The Morgan fingerprint density at radius 1 is 1.20 bits per heavy atom. The van der Waals surface area contributed by atoms with Crippen molar-refractivity contribution < 1.29 is 0 Å². The Kier molecular flexibility index (Phi) is 4.61. The van der Waals surface area contributed by atoms with Crippen LogP contribution >= 0.6 is 11.3 Å². The van der Waals surface area contributed by atoms with E-state index in [9.17, 15) is 0 Å². The Morgan fingerprint density at radius 3 is 2.85 bits per heavy atom. The van der Waals surface area contributed by atoms with Gasteiger partial charge in [-0.25, -0.2) is 4.98 Å². The molecule has 0 spiro atoms. The Morgan fingerprint density at radius 2 is 2.05 bits per heavy atom. The highest BCUT2D eigenvalue weighted by molar-refractivity contribution is 7.10. The molecule has 0 atom stereocenters. The summed E-state index contributed by atoms with van der Waals surface area (Å²) in [5.41, 5.74) is 2.29. The molecule has 0 saturated heterocycles. The van der Waals surface area contributed by atoms with E-state index in [-0.39, 0.29) is 0 Å². The van der Waals surface area contributed by atoms with Gasteiger partial charge in [0.1, 0.15) is 0 Å². The van der Waals surface area contributed by atoms with Gasteiger partial charge in [0.2, 0.25) is 0 Å². The van der Waals surface area contributed by atoms with Gasteiger partial charge in [-0.3, -0.25) is 0 Å². The topological polar surface area (TPSA) is 24.9 Å². The highest BCUT2D eigenvalue weighted by Crippen LogP contribution is 2.22. The van der Waals surface area contributed by atoms with Crippen LogP contribution in [-0.4, -0.2) is 17.6 Å². The molecule has 1 N–H and O–H groups in total. The molecule has 1 aliphatic carbocycles. The summed E-state index contributed by atoms with van der Waals surface area (Å²) in [6.07, 6.45) is 9.30. The van der Waals surface area contributed by atoms with Gasteiger partial charge in [-0.15, -0.1) is 11.3 Å². The Labute approximate surface area is 124 Å². The first-order valence-electron chi connectivity index (χ1n) is 7.30. The van der Waals surface area contributed by atoms with Crippen molar-refractivity contribution in [1.29, 1.82) is 0 Å². The standard InChI is InChI=1S/C17H20N2S/c1-3-7-14(8-4-1)16-13-20-17(19-16)9-5-2-6-12-18-15-10-11-15/h1-5,7-8,13,15,18H,6,9-12H2. The van der Waals surface area contributed by atoms with Crippen LogP contribution in [0.2, 0.25) is 0 Å². The maximum atomic E-state index is 4.69. The van der Waals surface area contributed by atoms with Crippen LogP contribution in [0, 0.1) is 0 Å². The first-order chi connectivity index (χ1) is 9.92. The molecule has 0 unspecified atom stereocenters. The van der Waals surface area contributed by atoms with Crippen LogP contribution in [0.4, 0.5) is 0 Å². The van der Waals surface area contributed by atoms with E-state index in [1.165, 1.54) is 23.4 Å². The lowest BCUT2D eigenvalue weighted by Crippen LogP contribution is -2.16. The van der Waals surface area contributed by atoms with E-state index in [1.54, 1.807) is 11.3 Å². The number of aromatic nitrogens is 1. The minimum atomic E-state index is 0.816. The van der Waals surface area contributed by atoms with Crippen molar-refractivity contribution >= 4 is 11.3 Å². The lowest BCUT2D eigenvalue weighted by Gasteiger charge is -1.97. The van der Waals surface area contributed by atoms with Gasteiger partial charge in [-0.1, -0.05) is 42.5 Å². The van der Waals surface area contributed by atoms with E-state index in [4.69, 9.17) is 0 Å². The van der Waals surface area contributed by atoms with Crippen molar-refractivity contribution in [2.75, 3.05) is 6.54 Å². The second-order valence-electron chi connectivity index (χ2n) is 5.19. The van der Waals surface area contributed by atoms with Crippen molar-refractivity contribution in [2.24, 2.45) is 0 Å². The first kappa shape index (κ1) is 13.5. The van der Waals surface area contributed by atoms with Gasteiger partial charge in [-0.2, -0.15) is 0 Å². The summed E-state index contributed by atoms with van der Waals surface area (Å²) in [5, 5.41) is 6.85. The summed E-state index contributed by atoms with van der Waals surface area (Å²) in [6.45, 7) is 1.11. The zero-order valence-corrected chi connectivity index (χ0v) is 12.4. The van der Waals surface area contributed by atoms with Crippen LogP contribution in [0.25, 0.3) is 11.3 Å². The number of nitrogens with zero attached hydrogens (tertiary/aromatic N) is 1. The lowest BCUT2D eigenvalue weighted by molar-refractivity contribution is 0.690. The Hall–Kier alpha value is -1.45. The summed E-state index contributed by atoms with van der Waals surface area (Å²) in [4.78, 5) is 4.69. The molecule has 0 aliphatic heterocycles. The molecule has 3 heteroatoms. The third-order valence-corrected chi connectivity index (χ3v) is 4.27. The molecule has 1 fully saturated rings. The number of rotatable bonds is 7. The third kappa shape index (κ3) is 4.02. The second kappa shape index (κ2) is 6.82. The monoisotopic (exact) mass is 284 g/mol. The molecule has 1 aromatic carbocycles. The van der Waals surface area contributed by atoms with Gasteiger partial charge >= 0.3 is 0 Å². The van der Waals surface area contributed by atoms with Crippen LogP contribution in [0.15, 0.2) is 47.9 Å². The molecule has 1 aliphatic rings. The zero-order chi connectivity index (χ0) is 13.6. The number of hydrogen-bond acceptors (Lipinski definition) is 3. The SMILES string of the molecule is C(=CCc1nc(-c2ccccc2)cs1)CCNC1CC1. The maximum Gasteiger partial charge on any atom is 0.0970 e. The fourth-order valence-electron chi connectivity index (χ4n) is 2.11. The minimum absolute atomic E-state index is 0.816. The second-order valence-corrected chi connectivity index (χ2v) is 6.13. The van der Waals surface area contributed by atoms with Gasteiger partial charge in [0, 0.05) is 23.4 Å². The predicted octanol–water partition coefficient (Wildman–Crippen LogP) is 4.05. The van der Waals surface area contributed by atoms with Crippen LogP contribution in [-0.2, 0) is 6.42 Å². The van der Waals surface area contributed by atoms with Gasteiger partial charge in [0.25, 0.3) is 0 Å². The molecule has 3 rings (SSSR count). The molecule has 2 nitrogen and oxygen atoms in total. The van der Waals surface area contributed by atoms with Crippen LogP contribution < -0.4 is 5.32 Å². The van der Waals surface area contributed by atoms with Crippen molar-refractivity contribution in [1.82, 2.24) is 10.3 Å². The van der Waals surface area contributed by atoms with E-state index < -0.39 is 0 Å². The molecule has 1 aromatic heterocycles. The van der Waals surface area contributed by atoms with Gasteiger partial charge in [0.05, 0.1) is 10.7 Å². The molecule has 0 amide bonds. The molecule has 0 bridgehead atoms. The Bertz CT molecular complexity index is 555. The molecule has 20 heavy (non-hydrogen) atoms. The number of benzene rings is 1. The zero-order valence-electron chi connectivity index (χ0n) is 11.6. The molecule has 0 radical (unpaired) electrons. The van der Waals surface area contributed by atoms with Crippen molar-refractivity contribution in [3.8, 4) is 11.3 Å². The number of thiazole rings is 1. The molecular formula is C17H20N2S. The number of allylic oxidation sites excluding steroid dienone is 1. The number of nitrogens with one attached hydrogen (secondary N) is 1. The predicted molar refractivity (Wildman–Crippen MR) is 86.0 cm³/mol. The van der Waals surface area contributed by atoms with Gasteiger partial charge in [-0.05, 0) is 25.8 Å². The van der Waals surface area contributed by atoms with Gasteiger partial charge < -0.3 is 5.32 Å². The number of hydrogen-bond donors (Lipinski definition) is 1. The van der Waals surface area contributed by atoms with E-state index in [1.807, 2.05) is 6.07 Å². The van der Waals surface area contributed by atoms with Crippen LogP contribution in [0.3, 0.4) is 0 Å². The summed E-state index contributed by atoms with van der Waals surface area (Å²) >= 11 is 1.75. The van der Waals surface area contributed by atoms with E-state index in [2.05, 4.69) is 52.1 Å². The molecular weight excluding hydrogens is 264 g/mol. The van der Waals surface area contributed by atoms with Crippen molar-refractivity contribution in [2.45, 2.75) is 31.7 Å². The lowest BCUT2D eigenvalue weighted by atomic mass is 10.2. The quantitative estimate of drug-likeness (QED) is 0.613. The third-order valence-electron chi connectivity index (χ3n) is 3.40. The largest absolute Gasteiger partial charge is 0.314 e. The normalized spacial score (nSPS) is 15.0. The summed E-state index contributed by atoms with van der Waals surface area (Å²) < 4.78 is 0. The van der Waals surface area contributed by atoms with Crippen LogP contribution in [0.1, 0.15) is 24.3 Å². The molecule has 1 heterocycles. The fourth-order valence-corrected chi connectivity index (χ4v) is 2.89. The molecule has 2 aromatic rings. The van der Waals surface area contributed by atoms with E-state index in [0.717, 1.165) is 31.1 Å². The minimum Gasteiger partial charge on any atom is -0.314 e. The molecule has 1 saturated carbocycles. The smallest absolute Gasteiger partial charge is 0.0970 e. The van der Waals surface area contributed by atoms with Gasteiger partial charge in [0.15, 0.2) is 0 Å². The van der Waals surface area contributed by atoms with E-state index >= 15 is 0 Å². The average Bonchev–Trinajstić information content (AvgIpc) is 3.20. The summed E-state index contributed by atoms with van der Waals surface area (Å²) in [7, 11) is 0. The summed E-state index contributed by atoms with van der Waals surface area (Å²) in [5.74, 6) is 0. The summed E-state index contributed by atoms with van der Waals surface area (Å²) in [6, 6.07) is 11.2.